The first-order valence-corrected chi connectivity index (χ1v) is 7.94. The largest absolute Gasteiger partial charge is 0.393 e. The monoisotopic (exact) mass is 418 g/mol. The molecule has 0 radical (unpaired) electrons. The molecule has 0 aliphatic rings. The van der Waals surface area contributed by atoms with Crippen LogP contribution in [-0.4, -0.2) is 11.9 Å². The summed E-state index contributed by atoms with van der Waals surface area (Å²) in [5.74, 6) is -0.704. The number of unbranched alkanes of at least 4 members (excludes halogenated alkanes) is 8. The molecular formula is C16H30NiO3Zr. The molecule has 0 heterocycles. The predicted octanol–water partition coefficient (Wildman–Crippen LogP) is 4.77. The summed E-state index contributed by atoms with van der Waals surface area (Å²) in [4.78, 5) is 22.8. The Balaban J connectivity index is -0.00000162. The zero-order chi connectivity index (χ0) is 14.3. The van der Waals surface area contributed by atoms with Gasteiger partial charge in [0.1, 0.15) is 0 Å². The van der Waals surface area contributed by atoms with Crippen LogP contribution >= 0.6 is 0 Å². The maximum atomic E-state index is 11.4. The molecule has 0 aliphatic carbocycles. The Morgan fingerprint density at radius 2 is 1.00 bits per heavy atom. The Kier molecular flexibility index (Phi) is 25.8. The maximum absolute atomic E-state index is 11.4. The van der Waals surface area contributed by atoms with Gasteiger partial charge < -0.3 is 4.74 Å². The van der Waals surface area contributed by atoms with E-state index < -0.39 is 0 Å². The second-order valence-electron chi connectivity index (χ2n) is 5.17. The molecule has 0 N–H and O–H groups in total. The molecule has 0 unspecified atom stereocenters. The minimum Gasteiger partial charge on any atom is -0.393 e. The van der Waals surface area contributed by atoms with Crippen LogP contribution in [0.5, 0.6) is 0 Å². The minimum absolute atomic E-state index is 0. The van der Waals surface area contributed by atoms with Crippen molar-refractivity contribution in [2.75, 3.05) is 0 Å². The second kappa shape index (κ2) is 20.5. The summed E-state index contributed by atoms with van der Waals surface area (Å²) in [6.45, 7) is 4.32. The summed E-state index contributed by atoms with van der Waals surface area (Å²) >= 11 is 0. The molecule has 0 aromatic carbocycles. The van der Waals surface area contributed by atoms with E-state index in [4.69, 9.17) is 4.74 Å². The summed E-state index contributed by atoms with van der Waals surface area (Å²) in [5, 5.41) is 0. The van der Waals surface area contributed by atoms with E-state index >= 15 is 0 Å². The zero-order valence-electron chi connectivity index (χ0n) is 13.5. The number of esters is 2. The maximum Gasteiger partial charge on any atom is 0.313 e. The van der Waals surface area contributed by atoms with Gasteiger partial charge in [-0.05, 0) is 12.8 Å². The molecule has 0 saturated carbocycles. The van der Waals surface area contributed by atoms with E-state index in [-0.39, 0.29) is 54.6 Å². The Hall–Kier alpha value is 0.517. The molecule has 0 spiro atoms. The van der Waals surface area contributed by atoms with Crippen molar-refractivity contribution in [3.8, 4) is 0 Å². The molecule has 0 amide bonds. The quantitative estimate of drug-likeness (QED) is 0.198. The Morgan fingerprint density at radius 1 is 0.667 bits per heavy atom. The molecule has 0 aromatic heterocycles. The Morgan fingerprint density at radius 3 is 1.33 bits per heavy atom. The van der Waals surface area contributed by atoms with E-state index in [0.717, 1.165) is 38.5 Å². The van der Waals surface area contributed by atoms with Crippen LogP contribution in [0.2, 0.25) is 0 Å². The number of hydrogen-bond donors (Lipinski definition) is 0. The van der Waals surface area contributed by atoms with Crippen LogP contribution in [0.25, 0.3) is 0 Å². The molecule has 0 bridgehead atoms. The Labute approximate surface area is 159 Å². The fourth-order valence-corrected chi connectivity index (χ4v) is 1.97. The molecule has 5 heteroatoms. The SMILES string of the molecule is CCCCCCCC(=O)OC(=O)CCCCCCC.[Ni].[Zr]. The van der Waals surface area contributed by atoms with Gasteiger partial charge in [-0.15, -0.1) is 0 Å². The van der Waals surface area contributed by atoms with Gasteiger partial charge in [0, 0.05) is 55.5 Å². The standard InChI is InChI=1S/C16H30O3.Ni.Zr/c1-3-5-7-9-11-13-15(17)19-16(18)14-12-10-8-6-4-2;;/h3-14H2,1-2H3;;. The first-order chi connectivity index (χ1) is 9.20. The molecule has 3 nitrogen and oxygen atoms in total. The average Bonchev–Trinajstić information content (AvgIpc) is 2.38. The molecule has 0 rings (SSSR count). The van der Waals surface area contributed by atoms with E-state index in [1.54, 1.807) is 0 Å². The summed E-state index contributed by atoms with van der Waals surface area (Å²) in [5.41, 5.74) is 0. The fraction of sp³-hybridized carbons (Fsp3) is 0.875. The van der Waals surface area contributed by atoms with Crippen molar-refractivity contribution in [1.29, 1.82) is 0 Å². The van der Waals surface area contributed by atoms with Crippen LogP contribution in [0.4, 0.5) is 0 Å². The van der Waals surface area contributed by atoms with Crippen molar-refractivity contribution in [3.63, 3.8) is 0 Å². The molecule has 126 valence electrons. The van der Waals surface area contributed by atoms with Crippen molar-refractivity contribution in [2.24, 2.45) is 0 Å². The summed E-state index contributed by atoms with van der Waals surface area (Å²) < 4.78 is 4.79. The van der Waals surface area contributed by atoms with Crippen LogP contribution in [-0.2, 0) is 57.0 Å². The van der Waals surface area contributed by atoms with Crippen LogP contribution in [0, 0.1) is 0 Å². The first-order valence-electron chi connectivity index (χ1n) is 7.94. The smallest absolute Gasteiger partial charge is 0.313 e. The van der Waals surface area contributed by atoms with Gasteiger partial charge in [0.05, 0.1) is 0 Å². The van der Waals surface area contributed by atoms with Gasteiger partial charge in [-0.2, -0.15) is 0 Å². The van der Waals surface area contributed by atoms with Gasteiger partial charge in [-0.3, -0.25) is 9.59 Å². The van der Waals surface area contributed by atoms with Crippen molar-refractivity contribution in [3.05, 3.63) is 0 Å². The summed E-state index contributed by atoms with van der Waals surface area (Å²) in [6.07, 6.45) is 11.7. The van der Waals surface area contributed by atoms with E-state index in [9.17, 15) is 9.59 Å². The number of rotatable bonds is 12. The van der Waals surface area contributed by atoms with Crippen LogP contribution in [0.15, 0.2) is 0 Å². The minimum atomic E-state index is -0.352. The van der Waals surface area contributed by atoms with E-state index in [2.05, 4.69) is 13.8 Å². The van der Waals surface area contributed by atoms with Crippen molar-refractivity contribution in [1.82, 2.24) is 0 Å². The molecule has 0 atom stereocenters. The number of hydrogen-bond acceptors (Lipinski definition) is 3. The van der Waals surface area contributed by atoms with Crippen molar-refractivity contribution >= 4 is 11.9 Å². The summed E-state index contributed by atoms with van der Waals surface area (Å²) in [7, 11) is 0. The number of carbonyl (C=O) groups excluding carboxylic acids is 2. The third-order valence-electron chi connectivity index (χ3n) is 3.20. The average molecular weight is 420 g/mol. The van der Waals surface area contributed by atoms with Gasteiger partial charge in [0.15, 0.2) is 0 Å². The third kappa shape index (κ3) is 20.5. The molecular weight excluding hydrogens is 390 g/mol. The number of ether oxygens (including phenoxy) is 1. The Bertz CT molecular complexity index is 224. The normalized spacial score (nSPS) is 9.43. The van der Waals surface area contributed by atoms with Crippen LogP contribution in [0.3, 0.4) is 0 Å². The van der Waals surface area contributed by atoms with Gasteiger partial charge >= 0.3 is 11.9 Å². The first kappa shape index (κ1) is 26.4. The van der Waals surface area contributed by atoms with Gasteiger partial charge in [0.2, 0.25) is 0 Å². The molecule has 0 fully saturated rings. The number of carbonyl (C=O) groups is 2. The molecule has 0 aliphatic heterocycles. The molecule has 0 aromatic rings. The van der Waals surface area contributed by atoms with Gasteiger partial charge in [-0.1, -0.05) is 65.2 Å². The van der Waals surface area contributed by atoms with E-state index in [1.807, 2.05) is 0 Å². The summed E-state index contributed by atoms with van der Waals surface area (Å²) in [6, 6.07) is 0. The topological polar surface area (TPSA) is 43.4 Å². The second-order valence-corrected chi connectivity index (χ2v) is 5.17. The van der Waals surface area contributed by atoms with E-state index in [0.29, 0.717) is 12.8 Å². The van der Waals surface area contributed by atoms with Crippen molar-refractivity contribution < 1.29 is 57.0 Å². The van der Waals surface area contributed by atoms with Gasteiger partial charge in [0.25, 0.3) is 0 Å². The van der Waals surface area contributed by atoms with E-state index in [1.165, 1.54) is 25.7 Å². The van der Waals surface area contributed by atoms with Crippen molar-refractivity contribution in [2.45, 2.75) is 90.9 Å². The van der Waals surface area contributed by atoms with Gasteiger partial charge in [-0.25, -0.2) is 0 Å². The third-order valence-corrected chi connectivity index (χ3v) is 3.20. The predicted molar refractivity (Wildman–Crippen MR) is 77.9 cm³/mol. The van der Waals surface area contributed by atoms with Crippen LogP contribution < -0.4 is 0 Å². The molecule has 21 heavy (non-hydrogen) atoms. The molecule has 0 saturated heterocycles. The fourth-order valence-electron chi connectivity index (χ4n) is 1.97. The zero-order valence-corrected chi connectivity index (χ0v) is 17.0. The van der Waals surface area contributed by atoms with Crippen LogP contribution in [0.1, 0.15) is 90.9 Å².